The minimum absolute atomic E-state index is 0. The summed E-state index contributed by atoms with van der Waals surface area (Å²) in [7, 11) is 0. The van der Waals surface area contributed by atoms with Gasteiger partial charge in [-0.25, -0.2) is 39.9 Å². The molecular formula is C106H187N25. The Balaban J connectivity index is -0.000000132. The molecule has 0 aliphatic carbocycles. The molecule has 0 radical (unpaired) electrons. The molecule has 0 aromatic carbocycles. The normalized spacial score (nSPS) is 10.5. The zero-order valence-electron chi connectivity index (χ0n) is 79.4. The van der Waals surface area contributed by atoms with Gasteiger partial charge in [0.05, 0.1) is 35.7 Å². The summed E-state index contributed by atoms with van der Waals surface area (Å²) in [4.78, 5) is 52.5. The smallest absolute Gasteiger partial charge is 0.178 e. The van der Waals surface area contributed by atoms with Gasteiger partial charge in [-0.1, -0.05) is 343 Å². The third-order valence-electron chi connectivity index (χ3n) is 16.1. The second-order valence-corrected chi connectivity index (χ2v) is 40.1. The van der Waals surface area contributed by atoms with Crippen LogP contribution in [0.15, 0.2) is 216 Å². The fourth-order valence-corrected chi connectivity index (χ4v) is 8.38. The lowest BCUT2D eigenvalue weighted by Crippen LogP contribution is -2.17. The minimum atomic E-state index is -0.0543. The van der Waals surface area contributed by atoms with Crippen LogP contribution in [0.5, 0.6) is 0 Å². The monoisotopic (exact) mass is 1810 g/mol. The van der Waals surface area contributed by atoms with Crippen molar-refractivity contribution >= 4 is 0 Å². The lowest BCUT2D eigenvalue weighted by Gasteiger charge is -2.17. The highest BCUT2D eigenvalue weighted by Gasteiger charge is 2.22. The van der Waals surface area contributed by atoms with Crippen LogP contribution in [0.4, 0.5) is 0 Å². The molecule has 0 spiro atoms. The summed E-state index contributed by atoms with van der Waals surface area (Å²) in [5, 5.41) is 45.5. The maximum absolute atomic E-state index is 4.25. The zero-order chi connectivity index (χ0) is 91.4. The third-order valence-corrected chi connectivity index (χ3v) is 16.1. The third kappa shape index (κ3) is 66.0. The van der Waals surface area contributed by atoms with E-state index in [1.54, 1.807) is 93.2 Å². The Hall–Kier alpha value is -11.1. The summed E-state index contributed by atoms with van der Waals surface area (Å²) in [6.07, 6.45) is 39.6. The lowest BCUT2D eigenvalue weighted by atomic mass is 9.88. The molecule has 0 saturated carbocycles. The van der Waals surface area contributed by atoms with Crippen molar-refractivity contribution in [1.29, 1.82) is 0 Å². The highest BCUT2D eigenvalue weighted by molar-refractivity contribution is 5.21. The maximum Gasteiger partial charge on any atom is 0.178 e. The predicted octanol–water partition coefficient (Wildman–Crippen LogP) is 27.7. The van der Waals surface area contributed by atoms with Crippen LogP contribution in [0.25, 0.3) is 0 Å². The summed E-state index contributed by atoms with van der Waals surface area (Å²) < 4.78 is 0. The summed E-state index contributed by atoms with van der Waals surface area (Å²) in [6.45, 7) is 76.5. The molecule has 0 aliphatic heterocycles. The van der Waals surface area contributed by atoms with E-state index in [0.717, 1.165) is 40.1 Å². The number of pyridine rings is 3. The SMILES string of the molecule is C.C.C.C.C.C.C.C.C.C.C.CC(C)(C)c1ccccn1.CC(C)(C)c1cccnc1.CC(C)(C)c1cccnn1.CC(C)(C)c1ccncc1.CC(C)(C)c1ccncn1.CC(C)(C)c1ccnnc1.CC(C)(C)c1cnccn1.CC(C)(C)c1cncnc1.CC(C)(C)c1cncnn1.CC(C)(C)c1ncccn1.CC(C)(C)c1nccnn1.CC(C)(C)c1nncnn1. The molecule has 12 aromatic heterocycles. The van der Waals surface area contributed by atoms with Crippen molar-refractivity contribution in [1.82, 2.24) is 126 Å². The van der Waals surface area contributed by atoms with Gasteiger partial charge in [0.15, 0.2) is 18.0 Å². The van der Waals surface area contributed by atoms with Gasteiger partial charge >= 0.3 is 0 Å². The van der Waals surface area contributed by atoms with Crippen molar-refractivity contribution in [3.8, 4) is 0 Å². The van der Waals surface area contributed by atoms with Crippen LogP contribution in [0.2, 0.25) is 0 Å². The van der Waals surface area contributed by atoms with E-state index in [4.69, 9.17) is 0 Å². The Kier molecular flexibility index (Phi) is 73.2. The summed E-state index contributed by atoms with van der Waals surface area (Å²) >= 11 is 0. The molecule has 12 aromatic rings. The van der Waals surface area contributed by atoms with E-state index in [1.807, 2.05) is 106 Å². The number of hydrogen-bond acceptors (Lipinski definition) is 25. The minimum Gasteiger partial charge on any atom is -0.265 e. The maximum atomic E-state index is 4.25. The number of hydrogen-bond donors (Lipinski definition) is 0. The van der Waals surface area contributed by atoms with E-state index in [1.165, 1.54) is 34.9 Å². The molecular weight excluding hydrogens is 1620 g/mol. The highest BCUT2D eigenvalue weighted by atomic mass is 15.3. The molecule has 131 heavy (non-hydrogen) atoms. The van der Waals surface area contributed by atoms with Crippen LogP contribution in [0.3, 0.4) is 0 Å². The topological polar surface area (TPSA) is 322 Å². The van der Waals surface area contributed by atoms with Crippen LogP contribution >= 0.6 is 0 Å². The molecule has 12 rings (SSSR count). The largest absolute Gasteiger partial charge is 0.265 e. The summed E-state index contributed by atoms with van der Waals surface area (Å²) in [5.41, 5.74) is 11.7. The average Bonchev–Trinajstić information content (AvgIpc) is 0.979. The molecule has 0 unspecified atom stereocenters. The van der Waals surface area contributed by atoms with Crippen molar-refractivity contribution in [3.05, 3.63) is 284 Å². The molecule has 0 saturated heterocycles. The molecule has 0 aliphatic rings. The van der Waals surface area contributed by atoms with Crippen molar-refractivity contribution in [2.45, 2.75) is 396 Å². The van der Waals surface area contributed by atoms with Crippen molar-refractivity contribution in [2.75, 3.05) is 0 Å². The fourth-order valence-electron chi connectivity index (χ4n) is 8.38. The predicted molar refractivity (Wildman–Crippen MR) is 561 cm³/mol. The number of rotatable bonds is 0. The van der Waals surface area contributed by atoms with Crippen molar-refractivity contribution < 1.29 is 0 Å². The summed E-state index contributed by atoms with van der Waals surface area (Å²) in [6, 6.07) is 23.9. The Labute approximate surface area is 801 Å². The Morgan fingerprint density at radius 3 is 0.802 bits per heavy atom. The molecule has 25 heteroatoms. The van der Waals surface area contributed by atoms with Gasteiger partial charge in [-0.05, 0) is 105 Å². The molecule has 0 bridgehead atoms. The van der Waals surface area contributed by atoms with Gasteiger partial charge in [0, 0.05) is 154 Å². The first-order valence-corrected chi connectivity index (χ1v) is 40.4. The Morgan fingerprint density at radius 2 is 0.527 bits per heavy atom. The first-order valence-electron chi connectivity index (χ1n) is 40.4. The molecule has 12 heterocycles. The average molecular weight is 1810 g/mol. The number of nitrogens with zero attached hydrogens (tertiary/aromatic N) is 25. The van der Waals surface area contributed by atoms with Gasteiger partial charge in [-0.15, -0.1) is 30.6 Å². The molecule has 0 amide bonds. The van der Waals surface area contributed by atoms with Crippen LogP contribution in [-0.4, -0.2) is 126 Å². The number of aromatic nitrogens is 25. The fraction of sp³-hybridized carbons (Fsp3) is 0.557. The molecule has 25 nitrogen and oxygen atoms in total. The lowest BCUT2D eigenvalue weighted by molar-refractivity contribution is 0.518. The van der Waals surface area contributed by atoms with Gasteiger partial charge in [0.1, 0.15) is 24.8 Å². The van der Waals surface area contributed by atoms with Crippen LogP contribution in [0, 0.1) is 0 Å². The molecule has 0 atom stereocenters. The zero-order valence-corrected chi connectivity index (χ0v) is 79.4. The van der Waals surface area contributed by atoms with E-state index in [2.05, 4.69) is 379 Å². The first kappa shape index (κ1) is 143. The van der Waals surface area contributed by atoms with E-state index < -0.39 is 0 Å². The van der Waals surface area contributed by atoms with Crippen molar-refractivity contribution in [3.63, 3.8) is 0 Å². The molecule has 0 N–H and O–H groups in total. The van der Waals surface area contributed by atoms with E-state index in [-0.39, 0.29) is 147 Å². The quantitative estimate of drug-likeness (QED) is 0.136. The van der Waals surface area contributed by atoms with Crippen molar-refractivity contribution in [2.24, 2.45) is 0 Å². The van der Waals surface area contributed by atoms with Gasteiger partial charge in [0.2, 0.25) is 0 Å². The van der Waals surface area contributed by atoms with Gasteiger partial charge < -0.3 is 0 Å². The van der Waals surface area contributed by atoms with Crippen LogP contribution in [0.1, 0.15) is 399 Å². The van der Waals surface area contributed by atoms with Gasteiger partial charge in [-0.2, -0.15) is 30.6 Å². The Bertz CT molecular complexity index is 3450. The summed E-state index contributed by atoms with van der Waals surface area (Å²) in [5.74, 6) is 2.36. The highest BCUT2D eigenvalue weighted by Crippen LogP contribution is 2.26. The Morgan fingerprint density at radius 1 is 0.153 bits per heavy atom. The van der Waals surface area contributed by atoms with E-state index in [0.29, 0.717) is 5.82 Å². The van der Waals surface area contributed by atoms with Gasteiger partial charge in [-0.3, -0.25) is 24.9 Å². The van der Waals surface area contributed by atoms with Crippen LogP contribution in [-0.2, 0) is 65.0 Å². The van der Waals surface area contributed by atoms with E-state index in [9.17, 15) is 0 Å². The second-order valence-electron chi connectivity index (χ2n) is 40.1. The molecule has 0 fully saturated rings. The second kappa shape index (κ2) is 67.1. The first-order chi connectivity index (χ1) is 55.3. The van der Waals surface area contributed by atoms with Gasteiger partial charge in [0.25, 0.3) is 0 Å². The van der Waals surface area contributed by atoms with E-state index >= 15 is 0 Å². The van der Waals surface area contributed by atoms with Crippen LogP contribution < -0.4 is 0 Å². The molecule has 736 valence electrons. The standard InChI is InChI=1S/3C9H13N.6C8H12N2.2C7H11N3.C6H10N4.11CH4/c1-9(2,3)8-4-6-10-7-5-8;1-9(2,3)8-5-4-6-10-7-8;1-9(2,3)8-6-4-5-7-10-8;1-8(2,3)7-4-9-6-10-5-7;1-8(2,3)7-6-9-4-5-10-7;1-8(2,3)7-4-5-9-6-10-7;1-8(2,3)7-4-5-9-10-6-7;1-8(2,3)7-9-5-4-6-10-7;1-8(2,3)7-5-4-6-9-10-7;1-7(2,3)6-4-8-5-9-10-6;1-7(2,3)6-8-4-5-9-10-6;1-6(2,3)5-9-7-4-8-10-5;;;;;;;;;;;/h3*4-7H,1-3H3;6*4-6H,1-3H3;2*4-5H,1-3H3;4H,1-3H3;11*1H4.